The van der Waals surface area contributed by atoms with Crippen molar-refractivity contribution in [1.29, 1.82) is 0 Å². The number of nitrogens with zero attached hydrogens (tertiary/aromatic N) is 3. The molecule has 1 amide bonds. The van der Waals surface area contributed by atoms with E-state index in [1.165, 1.54) is 0 Å². The fraction of sp³-hybridized carbons (Fsp3) is 0.464. The molecule has 4 rings (SSSR count). The Hall–Kier alpha value is -3.37. The minimum Gasteiger partial charge on any atom is -0.497 e. The lowest BCUT2D eigenvalue weighted by Gasteiger charge is -2.32. The van der Waals surface area contributed by atoms with Crippen LogP contribution in [0.1, 0.15) is 70.2 Å². The van der Waals surface area contributed by atoms with Crippen LogP contribution >= 0.6 is 0 Å². The summed E-state index contributed by atoms with van der Waals surface area (Å²) in [7, 11) is 2.61. The van der Waals surface area contributed by atoms with E-state index in [0.29, 0.717) is 28.6 Å². The number of carbonyl (C=O) groups is 1. The van der Waals surface area contributed by atoms with Crippen molar-refractivity contribution in [2.45, 2.75) is 72.0 Å². The third-order valence-electron chi connectivity index (χ3n) is 7.33. The number of rotatable bonds is 6. The van der Waals surface area contributed by atoms with Crippen molar-refractivity contribution in [2.75, 3.05) is 19.5 Å². The number of methoxy groups -OCH3 is 2. The Morgan fingerprint density at radius 1 is 1.00 bits per heavy atom. The van der Waals surface area contributed by atoms with E-state index in [4.69, 9.17) is 18.8 Å². The van der Waals surface area contributed by atoms with Crippen molar-refractivity contribution in [3.63, 3.8) is 0 Å². The molecule has 0 unspecified atom stereocenters. The number of ether oxygens (including phenoxy) is 2. The minimum atomic E-state index is -0.555. The highest BCUT2D eigenvalue weighted by atomic mass is 16.7. The van der Waals surface area contributed by atoms with Crippen molar-refractivity contribution in [1.82, 2.24) is 15.0 Å². The van der Waals surface area contributed by atoms with E-state index in [0.717, 1.165) is 11.0 Å². The SMILES string of the molecule is COc1ccc(OC)c(-n2nnc(C(=O)Nc3cc(B4OC(C)(C)C(C)(C)O4)cc(C(C)(C)C)c3)c2C)c1. The van der Waals surface area contributed by atoms with Gasteiger partial charge in [0.15, 0.2) is 5.69 Å². The highest BCUT2D eigenvalue weighted by Gasteiger charge is 2.51. The molecule has 9 nitrogen and oxygen atoms in total. The number of hydrogen-bond acceptors (Lipinski definition) is 7. The Labute approximate surface area is 225 Å². The van der Waals surface area contributed by atoms with Crippen LogP contribution in [0.4, 0.5) is 5.69 Å². The minimum absolute atomic E-state index is 0.166. The monoisotopic (exact) mass is 520 g/mol. The van der Waals surface area contributed by atoms with Gasteiger partial charge in [0.25, 0.3) is 5.91 Å². The van der Waals surface area contributed by atoms with E-state index < -0.39 is 18.3 Å². The molecule has 2 heterocycles. The van der Waals surface area contributed by atoms with Gasteiger partial charge in [0.05, 0.1) is 31.1 Å². The number of nitrogens with one attached hydrogen (secondary N) is 1. The molecule has 0 bridgehead atoms. The molecular weight excluding hydrogens is 483 g/mol. The first-order valence-electron chi connectivity index (χ1n) is 12.6. The van der Waals surface area contributed by atoms with Crippen LogP contribution in [0.15, 0.2) is 36.4 Å². The number of aromatic nitrogens is 3. The molecule has 38 heavy (non-hydrogen) atoms. The van der Waals surface area contributed by atoms with E-state index in [2.05, 4.69) is 42.5 Å². The molecule has 1 N–H and O–H groups in total. The topological polar surface area (TPSA) is 96.7 Å². The molecule has 1 aliphatic heterocycles. The van der Waals surface area contributed by atoms with E-state index >= 15 is 0 Å². The van der Waals surface area contributed by atoms with Gasteiger partial charge in [-0.1, -0.05) is 32.1 Å². The lowest BCUT2D eigenvalue weighted by Crippen LogP contribution is -2.41. The fourth-order valence-corrected chi connectivity index (χ4v) is 4.19. The Bertz CT molecular complexity index is 1340. The van der Waals surface area contributed by atoms with E-state index in [1.807, 2.05) is 39.8 Å². The third-order valence-corrected chi connectivity index (χ3v) is 7.33. The van der Waals surface area contributed by atoms with Crippen molar-refractivity contribution in [3.05, 3.63) is 53.3 Å². The van der Waals surface area contributed by atoms with E-state index in [-0.39, 0.29) is 17.0 Å². The van der Waals surface area contributed by atoms with E-state index in [9.17, 15) is 4.79 Å². The summed E-state index contributed by atoms with van der Waals surface area (Å²) in [6.45, 7) is 16.2. The number of hydrogen-bond donors (Lipinski definition) is 1. The smallest absolute Gasteiger partial charge is 0.494 e. The van der Waals surface area contributed by atoms with Crippen LogP contribution < -0.4 is 20.3 Å². The van der Waals surface area contributed by atoms with Gasteiger partial charge >= 0.3 is 7.12 Å². The summed E-state index contributed by atoms with van der Waals surface area (Å²) in [5.41, 5.74) is 2.77. The Morgan fingerprint density at radius 2 is 1.66 bits per heavy atom. The first-order chi connectivity index (χ1) is 17.7. The number of carbonyl (C=O) groups excluding carboxylic acids is 1. The maximum Gasteiger partial charge on any atom is 0.494 e. The molecule has 0 aliphatic carbocycles. The van der Waals surface area contributed by atoms with E-state index in [1.54, 1.807) is 44.0 Å². The zero-order valence-corrected chi connectivity index (χ0v) is 23.9. The molecule has 0 spiro atoms. The van der Waals surface area contributed by atoms with Crippen molar-refractivity contribution < 1.29 is 23.6 Å². The Morgan fingerprint density at radius 3 is 2.24 bits per heavy atom. The highest BCUT2D eigenvalue weighted by Crippen LogP contribution is 2.37. The second-order valence-electron chi connectivity index (χ2n) is 11.6. The van der Waals surface area contributed by atoms with Crippen molar-refractivity contribution in [2.24, 2.45) is 0 Å². The summed E-state index contributed by atoms with van der Waals surface area (Å²) >= 11 is 0. The second-order valence-corrected chi connectivity index (χ2v) is 11.6. The van der Waals surface area contributed by atoms with Crippen molar-refractivity contribution >= 4 is 24.2 Å². The van der Waals surface area contributed by atoms with Crippen LogP contribution in [0.5, 0.6) is 11.5 Å². The lowest BCUT2D eigenvalue weighted by molar-refractivity contribution is 0.00578. The van der Waals surface area contributed by atoms with Gasteiger partial charge in [0.2, 0.25) is 0 Å². The predicted octanol–water partition coefficient (Wildman–Crippen LogP) is 4.44. The standard InChI is InChI=1S/C28H37BN4O5/c1-17-24(31-32-33(17)22-16-21(35-9)11-12-23(22)36-10)25(34)30-20-14-18(26(2,3)4)13-19(15-20)29-37-27(5,6)28(7,8)38-29/h11-16H,1-10H3,(H,30,34). The van der Waals surface area contributed by atoms with Gasteiger partial charge in [-0.05, 0) is 75.3 Å². The zero-order valence-electron chi connectivity index (χ0n) is 23.9. The number of amides is 1. The summed E-state index contributed by atoms with van der Waals surface area (Å²) < 4.78 is 25.0. The van der Waals surface area contributed by atoms with Crippen LogP contribution in [0.25, 0.3) is 5.69 Å². The summed E-state index contributed by atoms with van der Waals surface area (Å²) in [5, 5.41) is 11.4. The lowest BCUT2D eigenvalue weighted by atomic mass is 9.75. The first-order valence-corrected chi connectivity index (χ1v) is 12.6. The number of benzene rings is 2. The van der Waals surface area contributed by atoms with Gasteiger partial charge in [-0.15, -0.1) is 5.10 Å². The fourth-order valence-electron chi connectivity index (χ4n) is 4.19. The Balaban J connectivity index is 1.67. The molecule has 202 valence electrons. The molecule has 1 fully saturated rings. The average Bonchev–Trinajstić information content (AvgIpc) is 3.33. The Kier molecular flexibility index (Phi) is 7.09. The molecule has 0 radical (unpaired) electrons. The molecule has 1 aromatic heterocycles. The quantitative estimate of drug-likeness (QED) is 0.480. The molecule has 1 saturated heterocycles. The molecule has 3 aromatic rings. The maximum absolute atomic E-state index is 13.4. The summed E-state index contributed by atoms with van der Waals surface area (Å²) in [6.07, 6.45) is 0. The molecule has 0 saturated carbocycles. The zero-order chi connectivity index (χ0) is 28.0. The van der Waals surface area contributed by atoms with Crippen LogP contribution in [-0.4, -0.2) is 53.4 Å². The van der Waals surface area contributed by atoms with Crippen LogP contribution in [0.3, 0.4) is 0 Å². The van der Waals surface area contributed by atoms with Gasteiger partial charge in [0.1, 0.15) is 17.2 Å². The highest BCUT2D eigenvalue weighted by molar-refractivity contribution is 6.62. The van der Waals surface area contributed by atoms with Gasteiger partial charge in [0, 0.05) is 11.8 Å². The van der Waals surface area contributed by atoms with Gasteiger partial charge in [-0.2, -0.15) is 0 Å². The first kappa shape index (κ1) is 27.7. The van der Waals surface area contributed by atoms with Gasteiger partial charge < -0.3 is 24.1 Å². The largest absolute Gasteiger partial charge is 0.497 e. The van der Waals surface area contributed by atoms with Crippen LogP contribution in [0.2, 0.25) is 0 Å². The van der Waals surface area contributed by atoms with Crippen LogP contribution in [0, 0.1) is 6.92 Å². The molecule has 1 aliphatic rings. The molecule has 2 aromatic carbocycles. The van der Waals surface area contributed by atoms with Gasteiger partial charge in [-0.25, -0.2) is 4.68 Å². The molecular formula is C28H37BN4O5. The van der Waals surface area contributed by atoms with Crippen molar-refractivity contribution in [3.8, 4) is 17.2 Å². The maximum atomic E-state index is 13.4. The summed E-state index contributed by atoms with van der Waals surface area (Å²) in [5.74, 6) is 0.841. The average molecular weight is 520 g/mol. The summed E-state index contributed by atoms with van der Waals surface area (Å²) in [4.78, 5) is 13.4. The third kappa shape index (κ3) is 5.15. The van der Waals surface area contributed by atoms with Crippen LogP contribution in [-0.2, 0) is 14.7 Å². The normalized spacial score (nSPS) is 16.4. The number of anilines is 1. The predicted molar refractivity (Wildman–Crippen MR) is 148 cm³/mol. The second kappa shape index (κ2) is 9.74. The molecule has 10 heteroatoms. The molecule has 0 atom stereocenters. The summed E-state index contributed by atoms with van der Waals surface area (Å²) in [6, 6.07) is 11.3. The van der Waals surface area contributed by atoms with Gasteiger partial charge in [-0.3, -0.25) is 4.79 Å².